The molecule has 1 atom stereocenters. The van der Waals surface area contributed by atoms with Crippen LogP contribution in [0.15, 0.2) is 24.3 Å². The number of aryl methyl sites for hydroxylation is 1. The van der Waals surface area contributed by atoms with Crippen LogP contribution in [0.5, 0.6) is 0 Å². The second kappa shape index (κ2) is 7.43. The zero-order valence-corrected chi connectivity index (χ0v) is 14.3. The van der Waals surface area contributed by atoms with Crippen LogP contribution in [0.3, 0.4) is 0 Å². The number of nitrogens with zero attached hydrogens (tertiary/aromatic N) is 3. The molecule has 0 saturated heterocycles. The fourth-order valence-electron chi connectivity index (χ4n) is 2.72. The van der Waals surface area contributed by atoms with Gasteiger partial charge in [-0.2, -0.15) is 10.1 Å². The topological polar surface area (TPSA) is 98.1 Å². The molecule has 2 heterocycles. The first-order chi connectivity index (χ1) is 12.1. The fourth-order valence-corrected chi connectivity index (χ4v) is 2.72. The predicted molar refractivity (Wildman–Crippen MR) is 91.9 cm³/mol. The predicted octanol–water partition coefficient (Wildman–Crippen LogP) is 1.58. The highest BCUT2D eigenvalue weighted by Gasteiger charge is 2.30. The molecule has 0 radical (unpaired) electrons. The van der Waals surface area contributed by atoms with Gasteiger partial charge in [0.15, 0.2) is 5.82 Å². The first-order valence-electron chi connectivity index (χ1n) is 8.21. The van der Waals surface area contributed by atoms with Crippen LogP contribution in [0, 0.1) is 5.92 Å². The molecule has 0 fully saturated rings. The van der Waals surface area contributed by atoms with Gasteiger partial charge in [0, 0.05) is 19.2 Å². The van der Waals surface area contributed by atoms with Crippen LogP contribution in [0.4, 0.5) is 11.6 Å². The van der Waals surface area contributed by atoms with Crippen molar-refractivity contribution in [1.82, 2.24) is 14.8 Å². The monoisotopic (exact) mass is 343 g/mol. The Kier molecular flexibility index (Phi) is 5.08. The number of rotatable bonds is 6. The van der Waals surface area contributed by atoms with E-state index in [2.05, 4.69) is 27.6 Å². The zero-order valence-electron chi connectivity index (χ0n) is 14.3. The van der Waals surface area contributed by atoms with Gasteiger partial charge < -0.3 is 10.1 Å². The number of hydrogen-bond donors (Lipinski definition) is 2. The lowest BCUT2D eigenvalue weighted by Gasteiger charge is -2.21. The Hall–Kier alpha value is -2.74. The molecule has 132 valence electrons. The van der Waals surface area contributed by atoms with Crippen molar-refractivity contribution in [2.24, 2.45) is 5.92 Å². The maximum atomic E-state index is 12.2. The summed E-state index contributed by atoms with van der Waals surface area (Å²) in [6.07, 6.45) is 1.03. The third kappa shape index (κ3) is 4.03. The van der Waals surface area contributed by atoms with E-state index in [9.17, 15) is 9.59 Å². The Bertz CT molecular complexity index is 769. The minimum atomic E-state index is -0.487. The summed E-state index contributed by atoms with van der Waals surface area (Å²) >= 11 is 0. The Morgan fingerprint density at radius 1 is 1.40 bits per heavy atom. The maximum Gasteiger partial charge on any atom is 0.232 e. The van der Waals surface area contributed by atoms with Gasteiger partial charge >= 0.3 is 0 Å². The van der Waals surface area contributed by atoms with Crippen LogP contribution in [-0.2, 0) is 33.9 Å². The smallest absolute Gasteiger partial charge is 0.232 e. The molecule has 2 N–H and O–H groups in total. The van der Waals surface area contributed by atoms with Crippen molar-refractivity contribution in [3.63, 3.8) is 0 Å². The summed E-state index contributed by atoms with van der Waals surface area (Å²) in [5.74, 6) is -0.0206. The van der Waals surface area contributed by atoms with Gasteiger partial charge in [0.2, 0.25) is 17.8 Å². The third-order valence-corrected chi connectivity index (χ3v) is 4.07. The number of amides is 2. The summed E-state index contributed by atoms with van der Waals surface area (Å²) in [5.41, 5.74) is 1.93. The van der Waals surface area contributed by atoms with Crippen molar-refractivity contribution in [2.45, 2.75) is 32.9 Å². The van der Waals surface area contributed by atoms with Gasteiger partial charge in [-0.1, -0.05) is 19.1 Å². The van der Waals surface area contributed by atoms with Crippen LogP contribution < -0.4 is 10.6 Å². The van der Waals surface area contributed by atoms with Crippen molar-refractivity contribution < 1.29 is 14.3 Å². The Morgan fingerprint density at radius 2 is 2.16 bits per heavy atom. The van der Waals surface area contributed by atoms with Gasteiger partial charge in [-0.15, -0.1) is 0 Å². The molecular weight excluding hydrogens is 322 g/mol. The minimum absolute atomic E-state index is 0.0836. The van der Waals surface area contributed by atoms with Crippen molar-refractivity contribution in [3.8, 4) is 0 Å². The average Bonchev–Trinajstić information content (AvgIpc) is 2.97. The molecule has 25 heavy (non-hydrogen) atoms. The Labute approximate surface area is 145 Å². The number of methoxy groups -OCH3 is 1. The molecule has 1 aliphatic heterocycles. The van der Waals surface area contributed by atoms with E-state index in [1.165, 1.54) is 5.56 Å². The highest BCUT2D eigenvalue weighted by molar-refractivity contribution is 5.98. The van der Waals surface area contributed by atoms with Crippen LogP contribution in [0.25, 0.3) is 0 Å². The number of ether oxygens (including phenoxy) is 1. The number of aromatic nitrogens is 3. The molecule has 8 nitrogen and oxygen atoms in total. The van der Waals surface area contributed by atoms with Gasteiger partial charge in [0.25, 0.3) is 0 Å². The average molecular weight is 343 g/mol. The normalized spacial score (nSPS) is 16.2. The fraction of sp³-hybridized carbons (Fsp3) is 0.412. The van der Waals surface area contributed by atoms with Crippen molar-refractivity contribution in [2.75, 3.05) is 17.7 Å². The van der Waals surface area contributed by atoms with E-state index in [0.717, 1.165) is 12.1 Å². The lowest BCUT2D eigenvalue weighted by molar-refractivity contribution is -0.125. The molecule has 8 heteroatoms. The lowest BCUT2D eigenvalue weighted by Crippen LogP contribution is -2.36. The molecule has 0 spiro atoms. The molecule has 0 aliphatic carbocycles. The molecule has 3 rings (SSSR count). The molecular formula is C17H21N5O3. The van der Waals surface area contributed by atoms with Gasteiger partial charge in [0.1, 0.15) is 6.61 Å². The van der Waals surface area contributed by atoms with E-state index < -0.39 is 5.92 Å². The van der Waals surface area contributed by atoms with Crippen LogP contribution in [-0.4, -0.2) is 33.7 Å². The first kappa shape index (κ1) is 17.1. The SMILES string of the molecule is CCc1ccc(NC(=O)C[C@H]2Cn3nc(COC)nc3NC2=O)cc1. The Balaban J connectivity index is 1.61. The highest BCUT2D eigenvalue weighted by Crippen LogP contribution is 2.20. The minimum Gasteiger partial charge on any atom is -0.377 e. The van der Waals surface area contributed by atoms with Crippen LogP contribution in [0.2, 0.25) is 0 Å². The van der Waals surface area contributed by atoms with Crippen molar-refractivity contribution >= 4 is 23.5 Å². The zero-order chi connectivity index (χ0) is 17.8. The van der Waals surface area contributed by atoms with Crippen LogP contribution >= 0.6 is 0 Å². The summed E-state index contributed by atoms with van der Waals surface area (Å²) in [4.78, 5) is 28.6. The molecule has 1 aliphatic rings. The first-order valence-corrected chi connectivity index (χ1v) is 8.21. The number of anilines is 2. The number of carbonyl (C=O) groups excluding carboxylic acids is 2. The molecule has 0 unspecified atom stereocenters. The number of nitrogens with one attached hydrogen (secondary N) is 2. The number of hydrogen-bond acceptors (Lipinski definition) is 5. The van der Waals surface area contributed by atoms with Gasteiger partial charge in [-0.3, -0.25) is 14.9 Å². The molecule has 2 amide bonds. The molecule has 0 bridgehead atoms. The van der Waals surface area contributed by atoms with E-state index >= 15 is 0 Å². The molecule has 1 aromatic carbocycles. The summed E-state index contributed by atoms with van der Waals surface area (Å²) in [6, 6.07) is 7.68. The van der Waals surface area contributed by atoms with Crippen LogP contribution in [0.1, 0.15) is 24.7 Å². The molecule has 1 aromatic heterocycles. The van der Waals surface area contributed by atoms with Crippen molar-refractivity contribution in [3.05, 3.63) is 35.7 Å². The lowest BCUT2D eigenvalue weighted by atomic mass is 10.0. The standard InChI is InChI=1S/C17H21N5O3/c1-3-11-4-6-13(7-5-11)18-15(23)8-12-9-22-17(20-16(12)24)19-14(21-22)10-25-2/h4-7,12H,3,8-10H2,1-2H3,(H,18,23)(H,19,20,21,24)/t12-/m0/s1. The third-order valence-electron chi connectivity index (χ3n) is 4.07. The summed E-state index contributed by atoms with van der Waals surface area (Å²) in [5, 5.41) is 9.78. The van der Waals surface area contributed by atoms with E-state index in [1.807, 2.05) is 24.3 Å². The van der Waals surface area contributed by atoms with E-state index in [0.29, 0.717) is 18.3 Å². The summed E-state index contributed by atoms with van der Waals surface area (Å²) in [6.45, 7) is 2.67. The largest absolute Gasteiger partial charge is 0.377 e. The van der Waals surface area contributed by atoms with E-state index in [1.54, 1.807) is 11.8 Å². The number of benzene rings is 1. The number of fused-ring (bicyclic) bond motifs is 1. The molecule has 2 aromatic rings. The van der Waals surface area contributed by atoms with E-state index in [4.69, 9.17) is 4.74 Å². The summed E-state index contributed by atoms with van der Waals surface area (Å²) in [7, 11) is 1.55. The molecule has 0 saturated carbocycles. The number of carbonyl (C=O) groups is 2. The Morgan fingerprint density at radius 3 is 2.84 bits per heavy atom. The highest BCUT2D eigenvalue weighted by atomic mass is 16.5. The maximum absolute atomic E-state index is 12.2. The summed E-state index contributed by atoms with van der Waals surface area (Å²) < 4.78 is 6.59. The van der Waals surface area contributed by atoms with Crippen molar-refractivity contribution in [1.29, 1.82) is 0 Å². The second-order valence-corrected chi connectivity index (χ2v) is 5.96. The van der Waals surface area contributed by atoms with Gasteiger partial charge in [-0.25, -0.2) is 4.68 Å². The van der Waals surface area contributed by atoms with Gasteiger partial charge in [-0.05, 0) is 24.1 Å². The second-order valence-electron chi connectivity index (χ2n) is 5.96. The quantitative estimate of drug-likeness (QED) is 0.830. The van der Waals surface area contributed by atoms with E-state index in [-0.39, 0.29) is 24.8 Å². The van der Waals surface area contributed by atoms with Gasteiger partial charge in [0.05, 0.1) is 12.5 Å².